The van der Waals surface area contributed by atoms with Gasteiger partial charge in [0.25, 0.3) is 0 Å². The van der Waals surface area contributed by atoms with Gasteiger partial charge in [-0.2, -0.15) is 0 Å². The van der Waals surface area contributed by atoms with E-state index in [9.17, 15) is 0 Å². The number of nitrogens with one attached hydrogen (secondary N) is 2. The Hall–Kier alpha value is -1.02. The van der Waals surface area contributed by atoms with Crippen molar-refractivity contribution in [2.75, 3.05) is 11.6 Å². The molecule has 0 saturated carbocycles. The predicted octanol–water partition coefficient (Wildman–Crippen LogP) is 7.83. The maximum Gasteiger partial charge on any atom is 2.00 e. The first kappa shape index (κ1) is 32.2. The first-order chi connectivity index (χ1) is 17.1. The van der Waals surface area contributed by atoms with E-state index >= 15 is 0 Å². The molecule has 0 spiro atoms. The summed E-state index contributed by atoms with van der Waals surface area (Å²) in [6, 6.07) is 42.7. The van der Waals surface area contributed by atoms with Crippen LogP contribution >= 0.6 is 15.8 Å². The molecule has 0 bridgehead atoms. The van der Waals surface area contributed by atoms with Crippen molar-refractivity contribution >= 4 is 53.5 Å². The quantitative estimate of drug-likeness (QED) is 0.140. The minimum atomic E-state index is -1.81. The third kappa shape index (κ3) is 11.7. The smallest absolute Gasteiger partial charge is 0.680 e. The van der Waals surface area contributed by atoms with Crippen molar-refractivity contribution in [3.8, 4) is 0 Å². The molecule has 4 rings (SSSR count). The summed E-state index contributed by atoms with van der Waals surface area (Å²) in [4.78, 5) is 0. The molecule has 4 aromatic rings. The molecular weight excluding hydrogens is 598 g/mol. The van der Waals surface area contributed by atoms with Crippen molar-refractivity contribution in [3.05, 3.63) is 132 Å². The molecule has 0 radical (unpaired) electrons. The summed E-state index contributed by atoms with van der Waals surface area (Å²) < 4.78 is 0. The first-order valence-corrected chi connectivity index (χ1v) is 21.8. The van der Waals surface area contributed by atoms with Gasteiger partial charge in [-0.3, -0.25) is 0 Å². The van der Waals surface area contributed by atoms with E-state index in [4.69, 9.17) is 10.8 Å². The van der Waals surface area contributed by atoms with Gasteiger partial charge in [-0.25, -0.2) is 0 Å². The van der Waals surface area contributed by atoms with Crippen LogP contribution in [0.1, 0.15) is 0 Å². The molecule has 4 aromatic carbocycles. The van der Waals surface area contributed by atoms with Crippen LogP contribution in [0, 0.1) is 0 Å². The topological polar surface area (TPSA) is 47.6 Å². The Morgan fingerprint density at radius 1 is 0.432 bits per heavy atom. The summed E-state index contributed by atoms with van der Waals surface area (Å²) in [5.74, 6) is 2.08. The second kappa shape index (κ2) is 15.5. The van der Waals surface area contributed by atoms with Gasteiger partial charge in [0.05, 0.1) is 0 Å². The zero-order valence-corrected chi connectivity index (χ0v) is 28.6. The van der Waals surface area contributed by atoms with Crippen molar-refractivity contribution in [2.24, 2.45) is 0 Å². The molecule has 0 aliphatic carbocycles. The van der Waals surface area contributed by atoms with Crippen molar-refractivity contribution < 1.29 is 26.2 Å². The number of rotatable bonds is 8. The summed E-state index contributed by atoms with van der Waals surface area (Å²) in [6.07, 6.45) is 0. The van der Waals surface area contributed by atoms with Gasteiger partial charge in [-0.05, 0) is 48.6 Å². The van der Waals surface area contributed by atoms with E-state index in [1.54, 1.807) is 0 Å². The third-order valence-electron chi connectivity index (χ3n) is 5.38. The summed E-state index contributed by atoms with van der Waals surface area (Å²) in [6.45, 7) is 8.53. The largest absolute Gasteiger partial charge is 2.00 e. The maximum absolute atomic E-state index is 8.32. The minimum Gasteiger partial charge on any atom is -0.680 e. The van der Waals surface area contributed by atoms with Gasteiger partial charge < -0.3 is 10.8 Å². The van der Waals surface area contributed by atoms with Gasteiger partial charge in [-0.1, -0.05) is 164 Å². The van der Waals surface area contributed by atoms with Crippen molar-refractivity contribution in [3.63, 3.8) is 0 Å². The molecule has 0 atom stereocenters. The van der Waals surface area contributed by atoms with Crippen LogP contribution in [0.5, 0.6) is 0 Å². The van der Waals surface area contributed by atoms with Crippen LogP contribution in [0.4, 0.5) is 0 Å². The van der Waals surface area contributed by atoms with Crippen LogP contribution < -0.4 is 21.2 Å². The molecule has 0 saturated heterocycles. The van der Waals surface area contributed by atoms with E-state index < -0.39 is 16.5 Å². The standard InChI is InChI=1S/2C15H19NPSi.Zr/c2*1-18(2,16)13-17(14-9-5-3-6-10-14)15-11-7-4-8-12-15;/h2*3-12,16H,13H2,1-2H3;/q2*-1;+2. The van der Waals surface area contributed by atoms with Crippen LogP contribution in [0.3, 0.4) is 0 Å². The number of benzene rings is 4. The predicted molar refractivity (Wildman–Crippen MR) is 171 cm³/mol. The summed E-state index contributed by atoms with van der Waals surface area (Å²) in [7, 11) is -4.34. The fourth-order valence-electron chi connectivity index (χ4n) is 3.89. The van der Waals surface area contributed by atoms with Gasteiger partial charge >= 0.3 is 26.2 Å². The van der Waals surface area contributed by atoms with Crippen molar-refractivity contribution in [1.29, 1.82) is 0 Å². The zero-order valence-electron chi connectivity index (χ0n) is 22.4. The van der Waals surface area contributed by atoms with Gasteiger partial charge in [0, 0.05) is 0 Å². The Balaban J connectivity index is 0.000000253. The second-order valence-electron chi connectivity index (χ2n) is 10.3. The molecular formula is C30H38N2P2Si2Zr. The van der Waals surface area contributed by atoms with Crippen molar-refractivity contribution in [1.82, 2.24) is 0 Å². The molecule has 0 unspecified atom stereocenters. The van der Waals surface area contributed by atoms with E-state index in [0.29, 0.717) is 0 Å². The molecule has 0 heterocycles. The van der Waals surface area contributed by atoms with Gasteiger partial charge in [0.2, 0.25) is 0 Å². The Bertz CT molecular complexity index is 980. The Labute approximate surface area is 248 Å². The van der Waals surface area contributed by atoms with Gasteiger partial charge in [0.1, 0.15) is 0 Å². The SMILES string of the molecule is C[Si](C)([NH-])CP(c1ccccc1)c1ccccc1.C[Si](C)([NH-])CP(c1ccccc1)c1ccccc1.[Zr+2]. The molecule has 0 aliphatic heterocycles. The Kier molecular flexibility index (Phi) is 13.5. The molecule has 0 aliphatic rings. The van der Waals surface area contributed by atoms with Crippen molar-refractivity contribution in [2.45, 2.75) is 26.2 Å². The molecule has 0 amide bonds. The fraction of sp³-hybridized carbons (Fsp3) is 0.200. The second-order valence-corrected chi connectivity index (χ2v) is 24.1. The van der Waals surface area contributed by atoms with E-state index in [2.05, 4.69) is 148 Å². The van der Waals surface area contributed by atoms with Crippen LogP contribution in [-0.4, -0.2) is 28.0 Å². The van der Waals surface area contributed by atoms with E-state index in [1.165, 1.54) is 21.2 Å². The van der Waals surface area contributed by atoms with Crippen LogP contribution in [0.2, 0.25) is 26.2 Å². The van der Waals surface area contributed by atoms with Gasteiger partial charge in [0.15, 0.2) is 0 Å². The summed E-state index contributed by atoms with van der Waals surface area (Å²) in [5.41, 5.74) is 0. The van der Waals surface area contributed by atoms with Gasteiger partial charge in [-0.15, -0.1) is 0 Å². The molecule has 2 N–H and O–H groups in total. The fourth-order valence-corrected chi connectivity index (χ4v) is 15.9. The molecule has 190 valence electrons. The zero-order chi connectivity index (χ0) is 26.0. The molecule has 7 heteroatoms. The Morgan fingerprint density at radius 3 is 0.784 bits per heavy atom. The average Bonchev–Trinajstić information content (AvgIpc) is 2.87. The Morgan fingerprint density at radius 2 is 0.622 bits per heavy atom. The molecule has 0 aromatic heterocycles. The normalized spacial score (nSPS) is 11.5. The third-order valence-corrected chi connectivity index (χ3v) is 17.9. The summed E-state index contributed by atoms with van der Waals surface area (Å²) >= 11 is 0. The number of hydrogen-bond donors (Lipinski definition) is 0. The van der Waals surface area contributed by atoms with E-state index in [1.807, 2.05) is 0 Å². The molecule has 2 nitrogen and oxygen atoms in total. The van der Waals surface area contributed by atoms with Crippen LogP contribution in [0.15, 0.2) is 121 Å². The molecule has 37 heavy (non-hydrogen) atoms. The minimum absolute atomic E-state index is 0. The molecule has 0 fully saturated rings. The van der Waals surface area contributed by atoms with Crippen LogP contribution in [0.25, 0.3) is 10.8 Å². The average molecular weight is 636 g/mol. The maximum atomic E-state index is 8.32. The number of hydrogen-bond acceptors (Lipinski definition) is 0. The summed E-state index contributed by atoms with van der Waals surface area (Å²) in [5, 5.41) is 22.2. The van der Waals surface area contributed by atoms with Crippen LogP contribution in [-0.2, 0) is 26.2 Å². The monoisotopic (exact) mass is 634 g/mol. The van der Waals surface area contributed by atoms with E-state index in [0.717, 1.165) is 11.6 Å². The van der Waals surface area contributed by atoms with E-state index in [-0.39, 0.29) is 42.0 Å². The first-order valence-electron chi connectivity index (χ1n) is 12.4.